The number of thiazole rings is 1. The summed E-state index contributed by atoms with van der Waals surface area (Å²) in [7, 11) is 0. The molecule has 0 aliphatic rings. The molecule has 0 bridgehead atoms. The van der Waals surface area contributed by atoms with E-state index in [9.17, 15) is 0 Å². The molecule has 0 N–H and O–H groups in total. The summed E-state index contributed by atoms with van der Waals surface area (Å²) >= 11 is 5.48. The van der Waals surface area contributed by atoms with E-state index < -0.39 is 0 Å². The minimum atomic E-state index is 1.06. The van der Waals surface area contributed by atoms with Gasteiger partial charge in [0.25, 0.3) is 0 Å². The molecule has 0 radical (unpaired) electrons. The van der Waals surface area contributed by atoms with Crippen molar-refractivity contribution < 1.29 is 0 Å². The molecule has 244 valence electrons. The van der Waals surface area contributed by atoms with Crippen molar-refractivity contribution in [1.82, 2.24) is 4.98 Å². The maximum atomic E-state index is 5.20. The second kappa shape index (κ2) is 11.9. The fourth-order valence-corrected chi connectivity index (χ4v) is 10.9. The van der Waals surface area contributed by atoms with Gasteiger partial charge in [0.05, 0.1) is 10.2 Å². The average molecular weight is 717 g/mol. The zero-order valence-electron chi connectivity index (χ0n) is 27.8. The number of nitrogens with zero attached hydrogens (tertiary/aromatic N) is 2. The first-order valence-corrected chi connectivity index (χ1v) is 19.8. The Balaban J connectivity index is 1.08. The molecule has 0 unspecified atom stereocenters. The summed E-state index contributed by atoms with van der Waals surface area (Å²) in [6.45, 7) is 0. The molecular formula is C47H28N2S3. The van der Waals surface area contributed by atoms with E-state index in [0.29, 0.717) is 0 Å². The topological polar surface area (TPSA) is 16.1 Å². The third-order valence-electron chi connectivity index (χ3n) is 10.1. The number of fused-ring (bicyclic) bond motifs is 9. The van der Waals surface area contributed by atoms with Gasteiger partial charge in [-0.2, -0.15) is 0 Å². The van der Waals surface area contributed by atoms with Crippen LogP contribution in [0, 0.1) is 0 Å². The molecule has 0 aliphatic heterocycles. The maximum absolute atomic E-state index is 5.20. The zero-order chi connectivity index (χ0) is 34.2. The number of anilines is 3. The number of hydrogen-bond donors (Lipinski definition) is 0. The smallest absolute Gasteiger partial charge is 0.124 e. The van der Waals surface area contributed by atoms with Gasteiger partial charge >= 0.3 is 0 Å². The van der Waals surface area contributed by atoms with Crippen molar-refractivity contribution in [2.75, 3.05) is 4.90 Å². The fraction of sp³-hybridized carbons (Fsp3) is 0. The van der Waals surface area contributed by atoms with E-state index in [0.717, 1.165) is 33.1 Å². The third kappa shape index (κ3) is 4.78. The van der Waals surface area contributed by atoms with Crippen LogP contribution in [0.15, 0.2) is 170 Å². The quantitative estimate of drug-likeness (QED) is 0.176. The summed E-state index contributed by atoms with van der Waals surface area (Å²) in [5, 5.41) is 8.68. The molecule has 3 aromatic heterocycles. The van der Waals surface area contributed by atoms with Crippen LogP contribution in [0.1, 0.15) is 0 Å². The molecule has 0 atom stereocenters. The van der Waals surface area contributed by atoms with E-state index in [1.807, 2.05) is 22.7 Å². The van der Waals surface area contributed by atoms with Crippen molar-refractivity contribution in [3.05, 3.63) is 170 Å². The van der Waals surface area contributed by atoms with Crippen LogP contribution in [-0.4, -0.2) is 4.98 Å². The van der Waals surface area contributed by atoms with E-state index in [-0.39, 0.29) is 0 Å². The lowest BCUT2D eigenvalue weighted by atomic mass is 9.98. The van der Waals surface area contributed by atoms with Gasteiger partial charge in [0.1, 0.15) is 5.01 Å². The summed E-state index contributed by atoms with van der Waals surface area (Å²) in [4.78, 5) is 7.61. The van der Waals surface area contributed by atoms with Gasteiger partial charge < -0.3 is 4.90 Å². The first kappa shape index (κ1) is 29.8. The molecule has 5 heteroatoms. The van der Waals surface area contributed by atoms with E-state index >= 15 is 0 Å². The van der Waals surface area contributed by atoms with E-state index in [2.05, 4.69) is 175 Å². The summed E-state index contributed by atoms with van der Waals surface area (Å²) in [6, 6.07) is 61.9. The van der Waals surface area contributed by atoms with Crippen molar-refractivity contribution in [1.29, 1.82) is 0 Å². The Bertz CT molecular complexity index is 3130. The predicted molar refractivity (Wildman–Crippen MR) is 228 cm³/mol. The van der Waals surface area contributed by atoms with Crippen LogP contribution in [0.5, 0.6) is 0 Å². The minimum Gasteiger partial charge on any atom is -0.310 e. The largest absolute Gasteiger partial charge is 0.310 e. The molecule has 0 saturated carbocycles. The number of thiophene rings is 2. The fourth-order valence-electron chi connectivity index (χ4n) is 7.65. The Kier molecular flexibility index (Phi) is 6.80. The third-order valence-corrected chi connectivity index (χ3v) is 13.4. The minimum absolute atomic E-state index is 1.06. The normalized spacial score (nSPS) is 11.8. The van der Waals surface area contributed by atoms with E-state index in [1.54, 1.807) is 11.3 Å². The van der Waals surface area contributed by atoms with Crippen LogP contribution in [0.3, 0.4) is 0 Å². The van der Waals surface area contributed by atoms with Crippen LogP contribution in [-0.2, 0) is 0 Å². The summed E-state index contributed by atoms with van der Waals surface area (Å²) in [6.07, 6.45) is 0. The summed E-state index contributed by atoms with van der Waals surface area (Å²) in [5.74, 6) is 0. The van der Waals surface area contributed by atoms with Crippen molar-refractivity contribution in [2.24, 2.45) is 0 Å². The molecule has 0 fully saturated rings. The van der Waals surface area contributed by atoms with Crippen molar-refractivity contribution in [3.63, 3.8) is 0 Å². The molecule has 0 amide bonds. The van der Waals surface area contributed by atoms with Crippen LogP contribution >= 0.6 is 34.0 Å². The molecule has 11 rings (SSSR count). The van der Waals surface area contributed by atoms with Gasteiger partial charge in [0.2, 0.25) is 0 Å². The van der Waals surface area contributed by atoms with Gasteiger partial charge in [0, 0.05) is 63.0 Å². The lowest BCUT2D eigenvalue weighted by Gasteiger charge is -2.26. The second-order valence-corrected chi connectivity index (χ2v) is 16.3. The Hall–Kier alpha value is -5.85. The van der Waals surface area contributed by atoms with Gasteiger partial charge in [-0.1, -0.05) is 109 Å². The van der Waals surface area contributed by atoms with Gasteiger partial charge in [-0.25, -0.2) is 4.98 Å². The van der Waals surface area contributed by atoms with Crippen molar-refractivity contribution in [2.45, 2.75) is 0 Å². The maximum Gasteiger partial charge on any atom is 0.124 e. The molecule has 11 aromatic rings. The highest BCUT2D eigenvalue weighted by molar-refractivity contribution is 7.27. The molecule has 2 nitrogen and oxygen atoms in total. The van der Waals surface area contributed by atoms with Gasteiger partial charge in [-0.3, -0.25) is 0 Å². The predicted octanol–water partition coefficient (Wildman–Crippen LogP) is 15.0. The molecular weight excluding hydrogens is 689 g/mol. The molecule has 0 aliphatic carbocycles. The number of rotatable bonds is 5. The lowest BCUT2D eigenvalue weighted by Crippen LogP contribution is -2.09. The zero-order valence-corrected chi connectivity index (χ0v) is 30.2. The average Bonchev–Trinajstić information content (AvgIpc) is 3.91. The van der Waals surface area contributed by atoms with Gasteiger partial charge in [-0.05, 0) is 82.6 Å². The van der Waals surface area contributed by atoms with Gasteiger partial charge in [-0.15, -0.1) is 34.0 Å². The summed E-state index contributed by atoms with van der Waals surface area (Å²) in [5.41, 5.74) is 8.11. The summed E-state index contributed by atoms with van der Waals surface area (Å²) < 4.78 is 6.36. The Labute approximate surface area is 312 Å². The Morgan fingerprint density at radius 3 is 1.96 bits per heavy atom. The number of aromatic nitrogens is 1. The molecule has 52 heavy (non-hydrogen) atoms. The van der Waals surface area contributed by atoms with Crippen LogP contribution in [0.4, 0.5) is 17.1 Å². The molecule has 8 aromatic carbocycles. The molecule has 3 heterocycles. The first-order chi connectivity index (χ1) is 25.7. The lowest BCUT2D eigenvalue weighted by molar-refractivity contribution is 1.30. The second-order valence-electron chi connectivity index (χ2n) is 13.1. The highest BCUT2D eigenvalue weighted by Gasteiger charge is 2.19. The monoisotopic (exact) mass is 716 g/mol. The van der Waals surface area contributed by atoms with Crippen molar-refractivity contribution >= 4 is 112 Å². The molecule has 0 spiro atoms. The van der Waals surface area contributed by atoms with Crippen LogP contribution in [0.2, 0.25) is 0 Å². The van der Waals surface area contributed by atoms with E-state index in [4.69, 9.17) is 4.98 Å². The van der Waals surface area contributed by atoms with Crippen LogP contribution < -0.4 is 4.90 Å². The SMILES string of the molecule is c1ccc(-c2nc3c(ccc4sc5cc(N(c6ccc(-c7cccc8ccccc78)cc6)c6ccc7sc8ccccc8c7c6)ccc5c43)s2)cc1. The first-order valence-electron chi connectivity index (χ1n) is 17.4. The van der Waals surface area contributed by atoms with Crippen molar-refractivity contribution in [3.8, 4) is 21.7 Å². The molecule has 0 saturated heterocycles. The van der Waals surface area contributed by atoms with Gasteiger partial charge in [0.15, 0.2) is 0 Å². The van der Waals surface area contributed by atoms with E-state index in [1.165, 1.54) is 66.9 Å². The highest BCUT2D eigenvalue weighted by atomic mass is 32.1. The standard InChI is InChI=1S/C47H28N2S3/c1-2-10-31(11-3-1)47-48-46-43(52-47)26-25-42-45(46)38-23-21-34(28-44(38)51-42)49(33-22-24-41-39(27-33)37-14-6-7-16-40(37)50-41)32-19-17-30(18-20-32)36-15-8-12-29-9-4-5-13-35(29)36/h1-28H. The number of benzene rings is 8. The van der Waals surface area contributed by atoms with Crippen LogP contribution in [0.25, 0.3) is 83.0 Å². The Morgan fingerprint density at radius 1 is 0.385 bits per heavy atom. The highest BCUT2D eigenvalue weighted by Crippen LogP contribution is 2.46. The Morgan fingerprint density at radius 2 is 1.06 bits per heavy atom. The number of hydrogen-bond acceptors (Lipinski definition) is 5.